The summed E-state index contributed by atoms with van der Waals surface area (Å²) in [4.78, 5) is 12.9. The second kappa shape index (κ2) is 5.75. The lowest BCUT2D eigenvalue weighted by molar-refractivity contribution is 0.813. The molecule has 3 rings (SSSR count). The van der Waals surface area contributed by atoms with Crippen LogP contribution in [-0.4, -0.2) is 19.5 Å². The van der Waals surface area contributed by atoms with E-state index in [1.807, 2.05) is 49.0 Å². The summed E-state index contributed by atoms with van der Waals surface area (Å²) in [6, 6.07) is 10.1. The maximum atomic E-state index is 4.45. The Hall–Kier alpha value is -2.69. The molecule has 0 spiro atoms. The van der Waals surface area contributed by atoms with Gasteiger partial charge in [-0.15, -0.1) is 0 Å². The summed E-state index contributed by atoms with van der Waals surface area (Å²) >= 11 is 0. The fourth-order valence-electron chi connectivity index (χ4n) is 2.15. The first-order chi connectivity index (χ1) is 10.2. The summed E-state index contributed by atoms with van der Waals surface area (Å²) < 4.78 is 2.00. The zero-order chi connectivity index (χ0) is 14.7. The second-order valence-corrected chi connectivity index (χ2v) is 4.88. The van der Waals surface area contributed by atoms with Crippen LogP contribution < -0.4 is 5.32 Å². The Kier molecular flexibility index (Phi) is 3.64. The molecule has 0 radical (unpaired) electrons. The number of anilines is 1. The monoisotopic (exact) mass is 279 g/mol. The van der Waals surface area contributed by atoms with Crippen molar-refractivity contribution >= 4 is 5.69 Å². The molecular weight excluding hydrogens is 262 g/mol. The van der Waals surface area contributed by atoms with E-state index in [2.05, 4.69) is 26.3 Å². The standard InChI is InChI=1S/C16H17N5/c1-12-17-7-6-15(20-12)13-4-3-5-14(10-13)19-11-16-18-8-9-21(16)2/h3-10,19H,11H2,1-2H3. The van der Waals surface area contributed by atoms with Crippen LogP contribution >= 0.6 is 0 Å². The van der Waals surface area contributed by atoms with Gasteiger partial charge in [0.1, 0.15) is 11.6 Å². The third-order valence-electron chi connectivity index (χ3n) is 3.31. The van der Waals surface area contributed by atoms with Gasteiger partial charge >= 0.3 is 0 Å². The molecule has 106 valence electrons. The third kappa shape index (κ3) is 3.08. The smallest absolute Gasteiger partial charge is 0.127 e. The lowest BCUT2D eigenvalue weighted by Gasteiger charge is -2.08. The number of hydrogen-bond acceptors (Lipinski definition) is 4. The number of nitrogens with zero attached hydrogens (tertiary/aromatic N) is 4. The van der Waals surface area contributed by atoms with Crippen LogP contribution in [0.25, 0.3) is 11.3 Å². The largest absolute Gasteiger partial charge is 0.378 e. The van der Waals surface area contributed by atoms with Crippen molar-refractivity contribution in [1.82, 2.24) is 19.5 Å². The molecule has 0 saturated carbocycles. The molecule has 0 amide bonds. The fraction of sp³-hybridized carbons (Fsp3) is 0.188. The van der Waals surface area contributed by atoms with Crippen LogP contribution in [-0.2, 0) is 13.6 Å². The highest BCUT2D eigenvalue weighted by Gasteiger charge is 2.03. The summed E-state index contributed by atoms with van der Waals surface area (Å²) in [5.74, 6) is 1.78. The second-order valence-electron chi connectivity index (χ2n) is 4.88. The lowest BCUT2D eigenvalue weighted by Crippen LogP contribution is -2.05. The van der Waals surface area contributed by atoms with Gasteiger partial charge in [-0.25, -0.2) is 15.0 Å². The number of nitrogens with one attached hydrogen (secondary N) is 1. The van der Waals surface area contributed by atoms with Gasteiger partial charge in [0.25, 0.3) is 0 Å². The Bertz CT molecular complexity index is 748. The molecule has 0 saturated heterocycles. The van der Waals surface area contributed by atoms with Crippen LogP contribution in [0, 0.1) is 6.92 Å². The van der Waals surface area contributed by atoms with Gasteiger partial charge in [-0.2, -0.15) is 0 Å². The highest BCUT2D eigenvalue weighted by Crippen LogP contribution is 2.20. The van der Waals surface area contributed by atoms with E-state index in [0.29, 0.717) is 6.54 Å². The van der Waals surface area contributed by atoms with Gasteiger partial charge in [0.2, 0.25) is 0 Å². The van der Waals surface area contributed by atoms with Gasteiger partial charge in [-0.05, 0) is 25.1 Å². The summed E-state index contributed by atoms with van der Waals surface area (Å²) in [6.07, 6.45) is 5.53. The van der Waals surface area contributed by atoms with Crippen LogP contribution in [0.4, 0.5) is 5.69 Å². The highest BCUT2D eigenvalue weighted by molar-refractivity contribution is 5.64. The minimum absolute atomic E-state index is 0.690. The van der Waals surface area contributed by atoms with Crippen molar-refractivity contribution in [3.05, 3.63) is 60.6 Å². The first-order valence-electron chi connectivity index (χ1n) is 6.82. The van der Waals surface area contributed by atoms with Crippen LogP contribution in [0.2, 0.25) is 0 Å². The van der Waals surface area contributed by atoms with E-state index >= 15 is 0 Å². The molecule has 2 heterocycles. The van der Waals surface area contributed by atoms with E-state index < -0.39 is 0 Å². The number of benzene rings is 1. The van der Waals surface area contributed by atoms with E-state index in [9.17, 15) is 0 Å². The van der Waals surface area contributed by atoms with E-state index in [4.69, 9.17) is 0 Å². The molecule has 3 aromatic rings. The van der Waals surface area contributed by atoms with Crippen molar-refractivity contribution < 1.29 is 0 Å². The number of hydrogen-bond donors (Lipinski definition) is 1. The van der Waals surface area contributed by atoms with Gasteiger partial charge in [0, 0.05) is 36.9 Å². The number of imidazole rings is 1. The van der Waals surface area contributed by atoms with Gasteiger partial charge in [-0.1, -0.05) is 12.1 Å². The number of aromatic nitrogens is 4. The molecular formula is C16H17N5. The molecule has 0 atom stereocenters. The minimum Gasteiger partial charge on any atom is -0.378 e. The minimum atomic E-state index is 0.690. The predicted octanol–water partition coefficient (Wildman–Crippen LogP) is 2.80. The Balaban J connectivity index is 1.79. The first kappa shape index (κ1) is 13.3. The van der Waals surface area contributed by atoms with Gasteiger partial charge in [0.15, 0.2) is 0 Å². The van der Waals surface area contributed by atoms with E-state index in [1.54, 1.807) is 12.4 Å². The summed E-state index contributed by atoms with van der Waals surface area (Å²) in [7, 11) is 1.99. The average molecular weight is 279 g/mol. The molecule has 2 aromatic heterocycles. The molecule has 1 N–H and O–H groups in total. The van der Waals surface area contributed by atoms with Crippen LogP contribution in [0.15, 0.2) is 48.9 Å². The van der Waals surface area contributed by atoms with Gasteiger partial charge < -0.3 is 9.88 Å². The average Bonchev–Trinajstić information content (AvgIpc) is 2.91. The SMILES string of the molecule is Cc1nccc(-c2cccc(NCc3nccn3C)c2)n1. The summed E-state index contributed by atoms with van der Waals surface area (Å²) in [5, 5.41) is 3.39. The molecule has 0 unspecified atom stereocenters. The maximum Gasteiger partial charge on any atom is 0.127 e. The summed E-state index contributed by atoms with van der Waals surface area (Å²) in [5.41, 5.74) is 3.06. The van der Waals surface area contributed by atoms with Crippen LogP contribution in [0.1, 0.15) is 11.6 Å². The Morgan fingerprint density at radius 1 is 1.14 bits per heavy atom. The summed E-state index contributed by atoms with van der Waals surface area (Å²) in [6.45, 7) is 2.59. The Labute approximate surface area is 123 Å². The molecule has 0 aliphatic carbocycles. The topological polar surface area (TPSA) is 55.6 Å². The van der Waals surface area contributed by atoms with Crippen molar-refractivity contribution in [1.29, 1.82) is 0 Å². The normalized spacial score (nSPS) is 10.6. The first-order valence-corrected chi connectivity index (χ1v) is 6.82. The number of aryl methyl sites for hydroxylation is 2. The van der Waals surface area contributed by atoms with Crippen LogP contribution in [0.3, 0.4) is 0 Å². The molecule has 0 aliphatic rings. The molecule has 0 bridgehead atoms. The quantitative estimate of drug-likeness (QED) is 0.798. The van der Waals surface area contributed by atoms with Crippen molar-refractivity contribution in [3.8, 4) is 11.3 Å². The van der Waals surface area contributed by atoms with Crippen molar-refractivity contribution in [2.24, 2.45) is 7.05 Å². The molecule has 5 nitrogen and oxygen atoms in total. The number of rotatable bonds is 4. The molecule has 21 heavy (non-hydrogen) atoms. The van der Waals surface area contributed by atoms with Crippen molar-refractivity contribution in [2.75, 3.05) is 5.32 Å². The van der Waals surface area contributed by atoms with Gasteiger partial charge in [-0.3, -0.25) is 0 Å². The maximum absolute atomic E-state index is 4.45. The fourth-order valence-corrected chi connectivity index (χ4v) is 2.15. The molecule has 1 aromatic carbocycles. The lowest BCUT2D eigenvalue weighted by atomic mass is 10.1. The van der Waals surface area contributed by atoms with Gasteiger partial charge in [0.05, 0.1) is 12.2 Å². The van der Waals surface area contributed by atoms with Crippen molar-refractivity contribution in [2.45, 2.75) is 13.5 Å². The van der Waals surface area contributed by atoms with E-state index in [-0.39, 0.29) is 0 Å². The highest BCUT2D eigenvalue weighted by atomic mass is 15.1. The third-order valence-corrected chi connectivity index (χ3v) is 3.31. The zero-order valence-corrected chi connectivity index (χ0v) is 12.1. The van der Waals surface area contributed by atoms with Crippen LogP contribution in [0.5, 0.6) is 0 Å². The van der Waals surface area contributed by atoms with E-state index in [1.165, 1.54) is 0 Å². The van der Waals surface area contributed by atoms with Crippen molar-refractivity contribution in [3.63, 3.8) is 0 Å². The van der Waals surface area contributed by atoms with E-state index in [0.717, 1.165) is 28.6 Å². The molecule has 5 heteroatoms. The Morgan fingerprint density at radius 2 is 2.05 bits per heavy atom. The molecule has 0 fully saturated rings. The zero-order valence-electron chi connectivity index (χ0n) is 12.1. The molecule has 0 aliphatic heterocycles. The Morgan fingerprint density at radius 3 is 2.81 bits per heavy atom. The predicted molar refractivity (Wildman–Crippen MR) is 82.7 cm³/mol.